The van der Waals surface area contributed by atoms with E-state index in [1.54, 1.807) is 7.11 Å². The van der Waals surface area contributed by atoms with Gasteiger partial charge in [-0.25, -0.2) is 9.97 Å². The number of alkyl halides is 1. The standard InChI is InChI=1S/C16H22ClN3O/c1-9-6-11-15(18-8-9)20(14(19-11)10(2)17)12-7-13(21-5)16(12,3)4/h6,8,10,12-13H,7H2,1-5H3. The summed E-state index contributed by atoms with van der Waals surface area (Å²) in [4.78, 5) is 9.32. The highest BCUT2D eigenvalue weighted by Gasteiger charge is 2.51. The molecule has 1 aliphatic carbocycles. The van der Waals surface area contributed by atoms with Crippen molar-refractivity contribution in [1.29, 1.82) is 0 Å². The van der Waals surface area contributed by atoms with E-state index < -0.39 is 0 Å². The largest absolute Gasteiger partial charge is 0.381 e. The predicted molar refractivity (Wildman–Crippen MR) is 84.8 cm³/mol. The summed E-state index contributed by atoms with van der Waals surface area (Å²) in [5, 5.41) is -0.142. The van der Waals surface area contributed by atoms with Crippen molar-refractivity contribution in [2.24, 2.45) is 5.41 Å². The second-order valence-electron chi connectivity index (χ2n) is 6.61. The lowest BCUT2D eigenvalue weighted by Gasteiger charge is -2.52. The Morgan fingerprint density at radius 2 is 2.19 bits per heavy atom. The summed E-state index contributed by atoms with van der Waals surface area (Å²) in [5.41, 5.74) is 3.02. The molecule has 2 aromatic heterocycles. The number of aryl methyl sites for hydroxylation is 1. The molecule has 0 bridgehead atoms. The van der Waals surface area contributed by atoms with Crippen LogP contribution in [0.3, 0.4) is 0 Å². The summed E-state index contributed by atoms with van der Waals surface area (Å²) >= 11 is 6.37. The summed E-state index contributed by atoms with van der Waals surface area (Å²) in [7, 11) is 1.78. The molecule has 1 aliphatic rings. The molecule has 1 saturated carbocycles. The van der Waals surface area contributed by atoms with Crippen LogP contribution >= 0.6 is 11.6 Å². The first-order chi connectivity index (χ1) is 9.86. The van der Waals surface area contributed by atoms with E-state index in [0.717, 1.165) is 29.0 Å². The SMILES string of the molecule is COC1CC(n2c(C(C)Cl)nc3cc(C)cnc32)C1(C)C. The van der Waals surface area contributed by atoms with Crippen molar-refractivity contribution in [3.63, 3.8) is 0 Å². The predicted octanol–water partition coefficient (Wildman–Crippen LogP) is 4.03. The van der Waals surface area contributed by atoms with Crippen molar-refractivity contribution < 1.29 is 4.74 Å². The van der Waals surface area contributed by atoms with E-state index in [4.69, 9.17) is 21.3 Å². The van der Waals surface area contributed by atoms with Crippen molar-refractivity contribution in [1.82, 2.24) is 14.5 Å². The third-order valence-electron chi connectivity index (χ3n) is 4.77. The maximum Gasteiger partial charge on any atom is 0.160 e. The molecule has 0 amide bonds. The Balaban J connectivity index is 2.15. The minimum atomic E-state index is -0.142. The smallest absolute Gasteiger partial charge is 0.160 e. The molecular weight excluding hydrogens is 286 g/mol. The Morgan fingerprint density at radius 3 is 2.76 bits per heavy atom. The van der Waals surface area contributed by atoms with E-state index in [1.165, 1.54) is 0 Å². The van der Waals surface area contributed by atoms with Crippen LogP contribution in [0.4, 0.5) is 0 Å². The van der Waals surface area contributed by atoms with Crippen LogP contribution in [0.15, 0.2) is 12.3 Å². The normalized spacial score (nSPS) is 25.8. The minimum absolute atomic E-state index is 0.0511. The molecule has 3 rings (SSSR count). The second kappa shape index (κ2) is 4.96. The van der Waals surface area contributed by atoms with Gasteiger partial charge in [0.25, 0.3) is 0 Å². The van der Waals surface area contributed by atoms with Gasteiger partial charge in [0.15, 0.2) is 5.65 Å². The lowest BCUT2D eigenvalue weighted by Crippen LogP contribution is -2.51. The summed E-state index contributed by atoms with van der Waals surface area (Å²) < 4.78 is 7.80. The number of hydrogen-bond acceptors (Lipinski definition) is 3. The number of halogens is 1. The van der Waals surface area contributed by atoms with Gasteiger partial charge in [0.1, 0.15) is 11.3 Å². The maximum atomic E-state index is 6.37. The zero-order valence-corrected chi connectivity index (χ0v) is 14.0. The van der Waals surface area contributed by atoms with E-state index in [9.17, 15) is 0 Å². The van der Waals surface area contributed by atoms with E-state index in [1.807, 2.05) is 20.0 Å². The van der Waals surface area contributed by atoms with Crippen molar-refractivity contribution >= 4 is 22.8 Å². The van der Waals surface area contributed by atoms with Crippen molar-refractivity contribution in [3.05, 3.63) is 23.7 Å². The Labute approximate surface area is 130 Å². The molecule has 1 fully saturated rings. The topological polar surface area (TPSA) is 39.9 Å². The fourth-order valence-electron chi connectivity index (χ4n) is 3.39. The molecule has 0 aromatic carbocycles. The zero-order valence-electron chi connectivity index (χ0n) is 13.2. The van der Waals surface area contributed by atoms with Crippen LogP contribution in [0.2, 0.25) is 0 Å². The summed E-state index contributed by atoms with van der Waals surface area (Å²) in [5.74, 6) is 0.900. The Kier molecular flexibility index (Phi) is 3.49. The van der Waals surface area contributed by atoms with Gasteiger partial charge >= 0.3 is 0 Å². The van der Waals surface area contributed by atoms with Crippen molar-refractivity contribution in [2.45, 2.75) is 51.6 Å². The number of methoxy groups -OCH3 is 1. The number of nitrogens with zero attached hydrogens (tertiary/aromatic N) is 3. The number of pyridine rings is 1. The average Bonchev–Trinajstić information content (AvgIpc) is 2.76. The van der Waals surface area contributed by atoms with Gasteiger partial charge in [0.2, 0.25) is 0 Å². The molecule has 114 valence electrons. The number of rotatable bonds is 3. The molecule has 2 heterocycles. The molecule has 2 aromatic rings. The fourth-order valence-corrected chi connectivity index (χ4v) is 3.54. The van der Waals surface area contributed by atoms with E-state index in [-0.39, 0.29) is 16.9 Å². The fraction of sp³-hybridized carbons (Fsp3) is 0.625. The number of hydrogen-bond donors (Lipinski definition) is 0. The van der Waals surface area contributed by atoms with Gasteiger partial charge in [-0.05, 0) is 31.9 Å². The molecule has 3 unspecified atom stereocenters. The van der Waals surface area contributed by atoms with Gasteiger partial charge in [-0.2, -0.15) is 0 Å². The van der Waals surface area contributed by atoms with Crippen LogP contribution in [0.25, 0.3) is 11.2 Å². The van der Waals surface area contributed by atoms with Crippen LogP contribution in [0.5, 0.6) is 0 Å². The molecule has 21 heavy (non-hydrogen) atoms. The first kappa shape index (κ1) is 14.8. The van der Waals surface area contributed by atoms with Crippen LogP contribution in [-0.2, 0) is 4.74 Å². The summed E-state index contributed by atoms with van der Waals surface area (Å²) in [6, 6.07) is 2.39. The lowest BCUT2D eigenvalue weighted by atomic mass is 9.64. The van der Waals surface area contributed by atoms with Gasteiger partial charge < -0.3 is 9.30 Å². The first-order valence-electron chi connectivity index (χ1n) is 7.37. The number of fused-ring (bicyclic) bond motifs is 1. The molecule has 4 nitrogen and oxygen atoms in total. The summed E-state index contributed by atoms with van der Waals surface area (Å²) in [6.07, 6.45) is 3.13. The molecule has 0 aliphatic heterocycles. The van der Waals surface area contributed by atoms with Gasteiger partial charge in [-0.15, -0.1) is 11.6 Å². The van der Waals surface area contributed by atoms with E-state index >= 15 is 0 Å². The maximum absolute atomic E-state index is 6.37. The first-order valence-corrected chi connectivity index (χ1v) is 7.81. The molecule has 0 N–H and O–H groups in total. The van der Waals surface area contributed by atoms with Crippen molar-refractivity contribution in [2.75, 3.05) is 7.11 Å². The van der Waals surface area contributed by atoms with Gasteiger partial charge in [-0.3, -0.25) is 0 Å². The number of ether oxygens (including phenoxy) is 1. The van der Waals surface area contributed by atoms with Crippen LogP contribution in [-0.4, -0.2) is 27.7 Å². The monoisotopic (exact) mass is 307 g/mol. The van der Waals surface area contributed by atoms with Gasteiger partial charge in [-0.1, -0.05) is 13.8 Å². The third kappa shape index (κ3) is 2.16. The third-order valence-corrected chi connectivity index (χ3v) is 4.97. The van der Waals surface area contributed by atoms with Gasteiger partial charge in [0.05, 0.1) is 11.5 Å². The Bertz CT molecular complexity index is 677. The Hall–Kier alpha value is -1.13. The average molecular weight is 308 g/mol. The Morgan fingerprint density at radius 1 is 1.48 bits per heavy atom. The molecular formula is C16H22ClN3O. The zero-order chi connectivity index (χ0) is 15.4. The summed E-state index contributed by atoms with van der Waals surface area (Å²) in [6.45, 7) is 8.46. The number of imidazole rings is 1. The lowest BCUT2D eigenvalue weighted by molar-refractivity contribution is -0.112. The second-order valence-corrected chi connectivity index (χ2v) is 7.26. The van der Waals surface area contributed by atoms with Crippen LogP contribution in [0.1, 0.15) is 50.0 Å². The minimum Gasteiger partial charge on any atom is -0.381 e. The molecule has 0 spiro atoms. The highest BCUT2D eigenvalue weighted by atomic mass is 35.5. The highest BCUT2D eigenvalue weighted by Crippen LogP contribution is 2.52. The molecule has 0 radical (unpaired) electrons. The quantitative estimate of drug-likeness (QED) is 0.804. The van der Waals surface area contributed by atoms with Gasteiger partial charge in [0, 0.05) is 24.8 Å². The highest BCUT2D eigenvalue weighted by molar-refractivity contribution is 6.20. The van der Waals surface area contributed by atoms with Crippen LogP contribution in [0, 0.1) is 12.3 Å². The van der Waals surface area contributed by atoms with Crippen LogP contribution < -0.4 is 0 Å². The molecule has 5 heteroatoms. The number of aromatic nitrogens is 3. The molecule has 0 saturated heterocycles. The van der Waals surface area contributed by atoms with E-state index in [0.29, 0.717) is 6.04 Å². The van der Waals surface area contributed by atoms with E-state index in [2.05, 4.69) is 29.5 Å². The molecule has 3 atom stereocenters. The van der Waals surface area contributed by atoms with Crippen molar-refractivity contribution in [3.8, 4) is 0 Å².